The number of para-hydroxylation sites is 1. The van der Waals surface area contributed by atoms with Gasteiger partial charge in [0.2, 0.25) is 0 Å². The van der Waals surface area contributed by atoms with Crippen molar-refractivity contribution in [1.29, 1.82) is 0 Å². The maximum Gasteiger partial charge on any atom is 0.264 e. The maximum absolute atomic E-state index is 13.0. The van der Waals surface area contributed by atoms with E-state index in [2.05, 4.69) is 5.32 Å². The molecule has 0 radical (unpaired) electrons. The summed E-state index contributed by atoms with van der Waals surface area (Å²) >= 11 is 1.54. The van der Waals surface area contributed by atoms with Crippen LogP contribution in [-0.2, 0) is 10.0 Å². The van der Waals surface area contributed by atoms with E-state index in [0.717, 1.165) is 16.0 Å². The highest BCUT2D eigenvalue weighted by Crippen LogP contribution is 2.40. The number of hydrogen-bond donors (Lipinski definition) is 1. The van der Waals surface area contributed by atoms with Crippen LogP contribution in [0.25, 0.3) is 0 Å². The third-order valence-corrected chi connectivity index (χ3v) is 6.60. The average Bonchev–Trinajstić information content (AvgIpc) is 2.61. The molecule has 0 amide bonds. The highest BCUT2D eigenvalue weighted by Gasteiger charge is 2.34. The molecule has 116 valence electrons. The van der Waals surface area contributed by atoms with Crippen LogP contribution in [-0.4, -0.2) is 28.8 Å². The molecule has 0 saturated heterocycles. The van der Waals surface area contributed by atoms with Gasteiger partial charge in [0.25, 0.3) is 10.0 Å². The summed E-state index contributed by atoms with van der Waals surface area (Å²) in [5.41, 5.74) is 2.47. The topological polar surface area (TPSA) is 49.4 Å². The van der Waals surface area contributed by atoms with Gasteiger partial charge in [-0.15, -0.1) is 11.8 Å². The van der Waals surface area contributed by atoms with Gasteiger partial charge >= 0.3 is 0 Å². The molecule has 4 nitrogen and oxygen atoms in total. The molecule has 2 aromatic rings. The van der Waals surface area contributed by atoms with Crippen LogP contribution in [0, 0.1) is 0 Å². The van der Waals surface area contributed by atoms with Crippen molar-refractivity contribution >= 4 is 27.5 Å². The van der Waals surface area contributed by atoms with Gasteiger partial charge in [-0.25, -0.2) is 8.42 Å². The number of sulfonamides is 1. The van der Waals surface area contributed by atoms with Crippen LogP contribution in [0.1, 0.15) is 17.2 Å². The second-order valence-corrected chi connectivity index (χ2v) is 7.97. The third-order valence-electron chi connectivity index (χ3n) is 4.05. The van der Waals surface area contributed by atoms with Crippen LogP contribution >= 0.6 is 11.8 Å². The Bertz CT molecular complexity index is 819. The summed E-state index contributed by atoms with van der Waals surface area (Å²) in [4.78, 5) is 1.31. The number of hydrogen-bond acceptors (Lipinski definition) is 4. The lowest BCUT2D eigenvalue weighted by Gasteiger charge is -2.20. The molecule has 1 unspecified atom stereocenters. The lowest BCUT2D eigenvalue weighted by atomic mass is 9.97. The molecule has 0 aromatic heterocycles. The first-order valence-electron chi connectivity index (χ1n) is 6.93. The van der Waals surface area contributed by atoms with E-state index in [0.29, 0.717) is 10.6 Å². The predicted molar refractivity (Wildman–Crippen MR) is 91.2 cm³/mol. The van der Waals surface area contributed by atoms with Crippen molar-refractivity contribution in [2.45, 2.75) is 15.8 Å². The van der Waals surface area contributed by atoms with Crippen LogP contribution in [0.3, 0.4) is 0 Å². The molecule has 1 heterocycles. The Kier molecular flexibility index (Phi) is 3.92. The number of benzene rings is 2. The molecular formula is C16H18N2O2S2. The van der Waals surface area contributed by atoms with Crippen molar-refractivity contribution in [3.63, 3.8) is 0 Å². The normalized spacial score (nSPS) is 19.2. The van der Waals surface area contributed by atoms with Crippen LogP contribution in [0.15, 0.2) is 52.3 Å². The lowest BCUT2D eigenvalue weighted by molar-refractivity contribution is 0.592. The van der Waals surface area contributed by atoms with Gasteiger partial charge in [0, 0.05) is 11.9 Å². The Labute approximate surface area is 135 Å². The minimum atomic E-state index is -3.57. The van der Waals surface area contributed by atoms with E-state index < -0.39 is 10.0 Å². The molecule has 0 saturated carbocycles. The van der Waals surface area contributed by atoms with Gasteiger partial charge in [0.05, 0.1) is 16.6 Å². The fourth-order valence-electron chi connectivity index (χ4n) is 2.88. The van der Waals surface area contributed by atoms with Crippen molar-refractivity contribution in [3.8, 4) is 0 Å². The summed E-state index contributed by atoms with van der Waals surface area (Å²) in [5, 5.41) is 3.25. The Hall–Kier alpha value is -1.50. The van der Waals surface area contributed by atoms with E-state index in [1.54, 1.807) is 13.1 Å². The summed E-state index contributed by atoms with van der Waals surface area (Å²) < 4.78 is 27.4. The van der Waals surface area contributed by atoms with Crippen molar-refractivity contribution in [1.82, 2.24) is 5.32 Å². The fourth-order valence-corrected chi connectivity index (χ4v) is 4.87. The molecule has 1 atom stereocenters. The highest BCUT2D eigenvalue weighted by atomic mass is 32.2. The van der Waals surface area contributed by atoms with Gasteiger partial charge in [0.15, 0.2) is 0 Å². The summed E-state index contributed by atoms with van der Waals surface area (Å²) in [6.45, 7) is 0. The highest BCUT2D eigenvalue weighted by molar-refractivity contribution is 7.98. The lowest BCUT2D eigenvalue weighted by Crippen LogP contribution is -2.26. The maximum atomic E-state index is 13.0. The van der Waals surface area contributed by atoms with E-state index in [9.17, 15) is 8.42 Å². The molecule has 22 heavy (non-hydrogen) atoms. The largest absolute Gasteiger partial charge is 0.309 e. The van der Waals surface area contributed by atoms with E-state index in [1.807, 2.05) is 49.7 Å². The number of nitrogens with zero attached hydrogens (tertiary/aromatic N) is 1. The summed E-state index contributed by atoms with van der Waals surface area (Å²) in [5.74, 6) is 0. The van der Waals surface area contributed by atoms with Crippen molar-refractivity contribution < 1.29 is 8.42 Å². The predicted octanol–water partition coefficient (Wildman–Crippen LogP) is 2.86. The van der Waals surface area contributed by atoms with Crippen LogP contribution in [0.5, 0.6) is 0 Å². The number of rotatable bonds is 2. The number of thioether (sulfide) groups is 1. The quantitative estimate of drug-likeness (QED) is 0.858. The molecule has 0 aliphatic carbocycles. The van der Waals surface area contributed by atoms with Crippen LogP contribution in [0.4, 0.5) is 5.69 Å². The Morgan fingerprint density at radius 1 is 1.14 bits per heavy atom. The van der Waals surface area contributed by atoms with Gasteiger partial charge in [0.1, 0.15) is 0 Å². The molecular weight excluding hydrogens is 316 g/mol. The zero-order valence-electron chi connectivity index (χ0n) is 12.7. The standard InChI is InChI=1S/C16H18N2O2S2/c1-17-16-12-6-4-5-7-14(12)18(2)22(19,20)15-10-11(21-3)8-9-13(15)16/h4-10,16-17H,1-3H3. The molecule has 1 N–H and O–H groups in total. The van der Waals surface area contributed by atoms with Crippen molar-refractivity contribution in [2.24, 2.45) is 0 Å². The van der Waals surface area contributed by atoms with Crippen molar-refractivity contribution in [2.75, 3.05) is 24.7 Å². The zero-order valence-corrected chi connectivity index (χ0v) is 14.3. The second kappa shape index (κ2) is 5.61. The van der Waals surface area contributed by atoms with Gasteiger partial charge in [-0.05, 0) is 42.6 Å². The first-order valence-corrected chi connectivity index (χ1v) is 9.60. The fraction of sp³-hybridized carbons (Fsp3) is 0.250. The molecule has 6 heteroatoms. The van der Waals surface area contributed by atoms with Crippen LogP contribution in [0.2, 0.25) is 0 Å². The van der Waals surface area contributed by atoms with E-state index in [4.69, 9.17) is 0 Å². The molecule has 3 rings (SSSR count). The number of anilines is 1. The molecule has 0 bridgehead atoms. The minimum absolute atomic E-state index is 0.151. The summed E-state index contributed by atoms with van der Waals surface area (Å²) in [6.07, 6.45) is 1.94. The molecule has 1 aliphatic heterocycles. The second-order valence-electron chi connectivity index (χ2n) is 5.16. The molecule has 2 aromatic carbocycles. The monoisotopic (exact) mass is 334 g/mol. The average molecular weight is 334 g/mol. The van der Waals surface area contributed by atoms with Gasteiger partial charge in [-0.2, -0.15) is 0 Å². The van der Waals surface area contributed by atoms with Crippen LogP contribution < -0.4 is 9.62 Å². The SMILES string of the molecule is CNC1c2ccccc2N(C)S(=O)(=O)c2cc(SC)ccc21. The van der Waals surface area contributed by atoms with E-state index >= 15 is 0 Å². The van der Waals surface area contributed by atoms with Gasteiger partial charge in [-0.1, -0.05) is 24.3 Å². The Balaban J connectivity index is 2.38. The van der Waals surface area contributed by atoms with E-state index in [-0.39, 0.29) is 6.04 Å². The first-order chi connectivity index (χ1) is 10.5. The third kappa shape index (κ3) is 2.22. The van der Waals surface area contributed by atoms with E-state index in [1.165, 1.54) is 16.1 Å². The van der Waals surface area contributed by atoms with Gasteiger partial charge < -0.3 is 5.32 Å². The zero-order chi connectivity index (χ0) is 15.9. The Morgan fingerprint density at radius 2 is 1.86 bits per heavy atom. The molecule has 0 spiro atoms. The smallest absolute Gasteiger partial charge is 0.264 e. The number of nitrogens with one attached hydrogen (secondary N) is 1. The number of fused-ring (bicyclic) bond motifs is 2. The molecule has 1 aliphatic rings. The molecule has 0 fully saturated rings. The van der Waals surface area contributed by atoms with Gasteiger partial charge in [-0.3, -0.25) is 4.31 Å². The summed E-state index contributed by atoms with van der Waals surface area (Å²) in [6, 6.07) is 13.1. The summed E-state index contributed by atoms with van der Waals surface area (Å²) in [7, 11) is -0.101. The minimum Gasteiger partial charge on any atom is -0.309 e. The Morgan fingerprint density at radius 3 is 2.55 bits per heavy atom. The first kappa shape index (κ1) is 15.4. The van der Waals surface area contributed by atoms with Crippen molar-refractivity contribution in [3.05, 3.63) is 53.6 Å².